The van der Waals surface area contributed by atoms with Gasteiger partial charge < -0.3 is 4.90 Å². The molecule has 0 saturated carbocycles. The van der Waals surface area contributed by atoms with Crippen molar-refractivity contribution < 1.29 is 29.6 Å². The zero-order valence-corrected chi connectivity index (χ0v) is 8.76. The molecule has 0 fully saturated rings. The van der Waals surface area contributed by atoms with E-state index in [0.29, 0.717) is 0 Å². The average molecular weight is 143 g/mol. The van der Waals surface area contributed by atoms with Crippen molar-refractivity contribution in [3.8, 4) is 0 Å². The molecule has 1 rings (SSSR count). The van der Waals surface area contributed by atoms with Gasteiger partial charge in [0.2, 0.25) is 0 Å². The Balaban J connectivity index is 0.000000810. The number of hydrogen-bond donors (Lipinski definition) is 0. The van der Waals surface area contributed by atoms with E-state index in [1.807, 2.05) is 32.3 Å². The van der Waals surface area contributed by atoms with Crippen LogP contribution in [0, 0.1) is 6.07 Å². The third kappa shape index (κ3) is 2.74. The summed E-state index contributed by atoms with van der Waals surface area (Å²) in [5, 5.41) is 0. The van der Waals surface area contributed by atoms with Crippen molar-refractivity contribution in [3.63, 3.8) is 0 Å². The average Bonchev–Trinajstić information content (AvgIpc) is 1.90. The Labute approximate surface area is 84.3 Å². The van der Waals surface area contributed by atoms with E-state index in [4.69, 9.17) is 0 Å². The Morgan fingerprint density at radius 2 is 2.10 bits per heavy atom. The van der Waals surface area contributed by atoms with Gasteiger partial charge in [-0.2, -0.15) is 24.3 Å². The predicted octanol–water partition coefficient (Wildman–Crippen LogP) is -1.44. The first-order chi connectivity index (χ1) is 4.30. The summed E-state index contributed by atoms with van der Waals surface area (Å²) in [4.78, 5) is 2.05. The molecule has 0 radical (unpaired) electrons. The second-order valence-corrected chi connectivity index (χ2v) is 2.16. The smallest absolute Gasteiger partial charge is 0.429 e. The molecule has 48 valence electrons. The fraction of sp³-hybridized carbons (Fsp3) is 0.250. The van der Waals surface area contributed by atoms with Crippen molar-refractivity contribution in [1.82, 2.24) is 0 Å². The van der Waals surface area contributed by atoms with Gasteiger partial charge in [-0.1, -0.05) is 5.69 Å². The van der Waals surface area contributed by atoms with Crippen LogP contribution in [0.4, 0.5) is 5.69 Å². The number of nitrogens with zero attached hydrogens (tertiary/aromatic N) is 1. The van der Waals surface area contributed by atoms with E-state index in [0.717, 1.165) is 0 Å². The Kier molecular flexibility index (Phi) is 4.79. The van der Waals surface area contributed by atoms with E-state index in [1.54, 1.807) is 0 Å². The Morgan fingerprint density at radius 3 is 2.40 bits per heavy atom. The molecule has 1 aromatic carbocycles. The fourth-order valence-corrected chi connectivity index (χ4v) is 0.662. The Morgan fingerprint density at radius 1 is 1.40 bits per heavy atom. The van der Waals surface area contributed by atoms with Crippen LogP contribution >= 0.6 is 0 Å². The molecule has 0 aliphatic carbocycles. The van der Waals surface area contributed by atoms with Crippen LogP contribution in [0.2, 0.25) is 0 Å². The van der Waals surface area contributed by atoms with Crippen LogP contribution in [0.1, 0.15) is 0 Å². The number of hydrogen-bond acceptors (Lipinski definition) is 1. The van der Waals surface area contributed by atoms with Crippen LogP contribution in [0.3, 0.4) is 0 Å². The maximum atomic E-state index is 3.00. The summed E-state index contributed by atoms with van der Waals surface area (Å²) >= 11 is 0. The minimum absolute atomic E-state index is 0. The van der Waals surface area contributed by atoms with Crippen LogP contribution in [0.5, 0.6) is 0 Å². The first-order valence-corrected chi connectivity index (χ1v) is 2.94. The van der Waals surface area contributed by atoms with Crippen molar-refractivity contribution in [2.75, 3.05) is 19.0 Å². The van der Waals surface area contributed by atoms with E-state index in [1.165, 1.54) is 5.69 Å². The third-order valence-corrected chi connectivity index (χ3v) is 1.21. The molecule has 0 aliphatic rings. The maximum absolute atomic E-state index is 3.00. The van der Waals surface area contributed by atoms with Gasteiger partial charge in [-0.05, 0) is 14.1 Å². The largest absolute Gasteiger partial charge is 1.00 e. The number of anilines is 1. The molecule has 0 aliphatic heterocycles. The molecule has 0 atom stereocenters. The molecule has 0 saturated heterocycles. The maximum Gasteiger partial charge on any atom is 1.00 e. The van der Waals surface area contributed by atoms with E-state index in [9.17, 15) is 0 Å². The predicted molar refractivity (Wildman–Crippen MR) is 39.6 cm³/mol. The van der Waals surface area contributed by atoms with Crippen molar-refractivity contribution in [3.05, 3.63) is 30.3 Å². The molecule has 1 nitrogen and oxygen atoms in total. The van der Waals surface area contributed by atoms with Crippen molar-refractivity contribution in [2.24, 2.45) is 0 Å². The third-order valence-electron chi connectivity index (χ3n) is 1.21. The van der Waals surface area contributed by atoms with Gasteiger partial charge in [0, 0.05) is 0 Å². The van der Waals surface area contributed by atoms with Gasteiger partial charge in [0.05, 0.1) is 0 Å². The summed E-state index contributed by atoms with van der Waals surface area (Å²) in [5.74, 6) is 0. The Bertz CT molecular complexity index is 172. The molecule has 2 heteroatoms. The molecule has 0 N–H and O–H groups in total. The molecular formula is C8H10NNa. The van der Waals surface area contributed by atoms with Gasteiger partial charge in [0.25, 0.3) is 0 Å². The Hall–Kier alpha value is 0.0200. The molecule has 0 spiro atoms. The fourth-order valence-electron chi connectivity index (χ4n) is 0.662. The molecule has 0 aromatic heterocycles. The van der Waals surface area contributed by atoms with Crippen LogP contribution in [0.25, 0.3) is 0 Å². The van der Waals surface area contributed by atoms with E-state index in [2.05, 4.69) is 17.0 Å². The van der Waals surface area contributed by atoms with Crippen LogP contribution in [0.15, 0.2) is 24.3 Å². The first kappa shape index (κ1) is 10.0. The first-order valence-electron chi connectivity index (χ1n) is 2.94. The van der Waals surface area contributed by atoms with Gasteiger partial charge >= 0.3 is 29.6 Å². The summed E-state index contributed by atoms with van der Waals surface area (Å²) in [6.45, 7) is 0. The quantitative estimate of drug-likeness (QED) is 0.344. The van der Waals surface area contributed by atoms with Gasteiger partial charge in [0.15, 0.2) is 0 Å². The molecular weight excluding hydrogens is 133 g/mol. The zero-order valence-electron chi connectivity index (χ0n) is 6.76. The minimum atomic E-state index is 0. The van der Waals surface area contributed by atoms with E-state index in [-0.39, 0.29) is 29.6 Å². The summed E-state index contributed by atoms with van der Waals surface area (Å²) in [6, 6.07) is 10.9. The van der Waals surface area contributed by atoms with Gasteiger partial charge in [0.1, 0.15) is 0 Å². The standard InChI is InChI=1S/C8H10N.Na/c1-9(2)8-6-4-3-5-7-8;/h3-4,6-7H,1-2H3;/q-1;+1. The second-order valence-electron chi connectivity index (χ2n) is 2.16. The molecule has 0 amide bonds. The molecule has 0 unspecified atom stereocenters. The normalized spacial score (nSPS) is 8.20. The monoisotopic (exact) mass is 143 g/mol. The summed E-state index contributed by atoms with van der Waals surface area (Å²) < 4.78 is 0. The van der Waals surface area contributed by atoms with Crippen LogP contribution < -0.4 is 34.5 Å². The summed E-state index contributed by atoms with van der Waals surface area (Å²) in [5.41, 5.74) is 1.19. The topological polar surface area (TPSA) is 3.24 Å². The minimum Gasteiger partial charge on any atom is -0.429 e. The molecule has 0 heterocycles. The van der Waals surface area contributed by atoms with Crippen molar-refractivity contribution in [1.29, 1.82) is 0 Å². The van der Waals surface area contributed by atoms with E-state index >= 15 is 0 Å². The molecule has 0 bridgehead atoms. The number of rotatable bonds is 1. The molecule has 1 aromatic rings. The SMILES string of the molecule is CN(C)c1c[c-]ccc1.[Na+]. The van der Waals surface area contributed by atoms with Crippen LogP contribution in [-0.2, 0) is 0 Å². The van der Waals surface area contributed by atoms with Crippen molar-refractivity contribution >= 4 is 5.69 Å². The van der Waals surface area contributed by atoms with Gasteiger partial charge in [-0.15, -0.1) is 6.07 Å². The van der Waals surface area contributed by atoms with E-state index < -0.39 is 0 Å². The summed E-state index contributed by atoms with van der Waals surface area (Å²) in [7, 11) is 4.03. The van der Waals surface area contributed by atoms with Gasteiger partial charge in [-0.25, -0.2) is 0 Å². The zero-order chi connectivity index (χ0) is 6.69. The van der Waals surface area contributed by atoms with Crippen LogP contribution in [-0.4, -0.2) is 14.1 Å². The second kappa shape index (κ2) is 4.78. The summed E-state index contributed by atoms with van der Waals surface area (Å²) in [6.07, 6.45) is 0. The van der Waals surface area contributed by atoms with Gasteiger partial charge in [-0.3, -0.25) is 0 Å². The molecule has 10 heavy (non-hydrogen) atoms. The van der Waals surface area contributed by atoms with Crippen molar-refractivity contribution in [2.45, 2.75) is 0 Å². The number of benzene rings is 1.